The smallest absolute Gasteiger partial charge is 0.184 e. The van der Waals surface area contributed by atoms with E-state index in [1.54, 1.807) is 0 Å². The summed E-state index contributed by atoms with van der Waals surface area (Å²) in [4.78, 5) is 0. The molecule has 0 amide bonds. The lowest BCUT2D eigenvalue weighted by Crippen LogP contribution is -2.24. The van der Waals surface area contributed by atoms with Crippen molar-refractivity contribution >= 4 is 16.8 Å². The fourth-order valence-electron chi connectivity index (χ4n) is 0.220. The highest BCUT2D eigenvalue weighted by Crippen LogP contribution is 2.05. The molecule has 0 spiro atoms. The highest BCUT2D eigenvalue weighted by molar-refractivity contribution is 7.23. The summed E-state index contributed by atoms with van der Waals surface area (Å²) >= 11 is 0. The van der Waals surface area contributed by atoms with E-state index < -0.39 is 8.32 Å². The summed E-state index contributed by atoms with van der Waals surface area (Å²) in [6, 6.07) is 0. The van der Waals surface area contributed by atoms with E-state index in [9.17, 15) is 4.57 Å². The lowest BCUT2D eigenvalue weighted by molar-refractivity contribution is 0.379. The van der Waals surface area contributed by atoms with Gasteiger partial charge in [0.2, 0.25) is 0 Å². The highest BCUT2D eigenvalue weighted by atomic mass is 31.1. The van der Waals surface area contributed by atoms with Crippen LogP contribution in [0.4, 0.5) is 0 Å². The van der Waals surface area contributed by atoms with Crippen LogP contribution in [0.15, 0.2) is 0 Å². The third-order valence-electron chi connectivity index (χ3n) is 0.550. The monoisotopic (exact) mass is 150 g/mol. The summed E-state index contributed by atoms with van der Waals surface area (Å²) < 4.78 is 15.0. The molecule has 0 rings (SSSR count). The van der Waals surface area contributed by atoms with E-state index in [2.05, 4.69) is 19.6 Å². The molecule has 0 heterocycles. The van der Waals surface area contributed by atoms with Crippen LogP contribution in [0.1, 0.15) is 0 Å². The summed E-state index contributed by atoms with van der Waals surface area (Å²) in [6.45, 7) is 6.20. The summed E-state index contributed by atoms with van der Waals surface area (Å²) in [5.41, 5.74) is 0. The zero-order valence-corrected chi connectivity index (χ0v) is 7.37. The molecule has 0 aliphatic heterocycles. The second-order valence-corrected chi connectivity index (χ2v) is 7.54. The van der Waals surface area contributed by atoms with Crippen molar-refractivity contribution < 1.29 is 8.99 Å². The van der Waals surface area contributed by atoms with Gasteiger partial charge in [0.05, 0.1) is 0 Å². The number of hydrogen-bond donors (Lipinski definition) is 0. The average molecular weight is 150 g/mol. The van der Waals surface area contributed by atoms with Gasteiger partial charge in [-0.05, 0) is 19.6 Å². The van der Waals surface area contributed by atoms with Gasteiger partial charge in [-0.1, -0.05) is 0 Å². The first-order chi connectivity index (χ1) is 3.56. The average Bonchev–Trinajstić information content (AvgIpc) is 1.59. The predicted molar refractivity (Wildman–Crippen MR) is 36.9 cm³/mol. The van der Waals surface area contributed by atoms with Crippen molar-refractivity contribution in [2.75, 3.05) is 6.35 Å². The molecular weight excluding hydrogens is 139 g/mol. The predicted octanol–water partition coefficient (Wildman–Crippen LogP) is 2.09. The Balaban J connectivity index is 3.24. The zero-order valence-electron chi connectivity index (χ0n) is 5.47. The molecule has 0 bridgehead atoms. The molecule has 0 aromatic rings. The molecule has 0 aliphatic rings. The van der Waals surface area contributed by atoms with Crippen molar-refractivity contribution in [3.05, 3.63) is 0 Å². The lowest BCUT2D eigenvalue weighted by Gasteiger charge is -2.13. The normalized spacial score (nSPS) is 12.4. The Hall–Kier alpha value is 0.277. The molecule has 0 saturated carbocycles. The van der Waals surface area contributed by atoms with Crippen LogP contribution < -0.4 is 0 Å². The van der Waals surface area contributed by atoms with E-state index in [0.29, 0.717) is 6.35 Å². The lowest BCUT2D eigenvalue weighted by atomic mass is 11.7. The fourth-order valence-corrected chi connectivity index (χ4v) is 1.98. The van der Waals surface area contributed by atoms with Gasteiger partial charge in [-0.15, -0.1) is 0 Å². The van der Waals surface area contributed by atoms with Crippen molar-refractivity contribution in [2.45, 2.75) is 19.6 Å². The molecule has 48 valence electrons. The first kappa shape index (κ1) is 8.28. The topological polar surface area (TPSA) is 26.3 Å². The van der Waals surface area contributed by atoms with Crippen LogP contribution in [-0.2, 0) is 8.99 Å². The van der Waals surface area contributed by atoms with Crippen molar-refractivity contribution in [1.82, 2.24) is 0 Å². The van der Waals surface area contributed by atoms with Crippen LogP contribution in [-0.4, -0.2) is 14.7 Å². The quantitative estimate of drug-likeness (QED) is 0.455. The van der Waals surface area contributed by atoms with E-state index in [-0.39, 0.29) is 8.46 Å². The summed E-state index contributed by atoms with van der Waals surface area (Å²) in [5.74, 6) is 0. The molecule has 0 radical (unpaired) electrons. The van der Waals surface area contributed by atoms with Gasteiger partial charge < -0.3 is 4.43 Å². The van der Waals surface area contributed by atoms with Crippen LogP contribution in [0.25, 0.3) is 0 Å². The molecular formula is C4H11O2PSi. The molecule has 0 fully saturated rings. The van der Waals surface area contributed by atoms with Gasteiger partial charge in [-0.3, -0.25) is 4.57 Å². The van der Waals surface area contributed by atoms with E-state index in [4.69, 9.17) is 4.43 Å². The summed E-state index contributed by atoms with van der Waals surface area (Å²) in [7, 11) is -1.29. The Morgan fingerprint density at radius 3 is 2.12 bits per heavy atom. The second-order valence-electron chi connectivity index (χ2n) is 2.51. The second kappa shape index (κ2) is 3.33. The van der Waals surface area contributed by atoms with Crippen LogP contribution >= 0.6 is 8.46 Å². The maximum absolute atomic E-state index is 9.85. The SMILES string of the molecule is C[Si](C)(C)OCP=O. The standard InChI is InChI=1S/C4H11O2PSi/c1-8(2,3)6-4-7-5/h4H2,1-3H3. The third kappa shape index (κ3) is 6.28. The third-order valence-corrected chi connectivity index (χ3v) is 2.04. The van der Waals surface area contributed by atoms with E-state index in [1.807, 2.05) is 0 Å². The van der Waals surface area contributed by atoms with Crippen molar-refractivity contribution in [2.24, 2.45) is 0 Å². The molecule has 0 unspecified atom stereocenters. The van der Waals surface area contributed by atoms with Crippen LogP contribution in [0.2, 0.25) is 19.6 Å². The number of rotatable bonds is 3. The molecule has 0 atom stereocenters. The van der Waals surface area contributed by atoms with Crippen LogP contribution in [0.5, 0.6) is 0 Å². The molecule has 0 aromatic carbocycles. The van der Waals surface area contributed by atoms with Gasteiger partial charge in [0, 0.05) is 0 Å². The first-order valence-electron chi connectivity index (χ1n) is 2.49. The fraction of sp³-hybridized carbons (Fsp3) is 1.00. The Morgan fingerprint density at radius 2 is 2.00 bits per heavy atom. The van der Waals surface area contributed by atoms with Gasteiger partial charge in [0.25, 0.3) is 0 Å². The number of hydrogen-bond acceptors (Lipinski definition) is 2. The minimum atomic E-state index is -1.39. The molecule has 4 heteroatoms. The molecule has 0 N–H and O–H groups in total. The Morgan fingerprint density at radius 1 is 1.50 bits per heavy atom. The Labute approximate surface area is 52.6 Å². The largest absolute Gasteiger partial charge is 0.407 e. The summed E-state index contributed by atoms with van der Waals surface area (Å²) in [6.07, 6.45) is 0.357. The van der Waals surface area contributed by atoms with Crippen LogP contribution in [0, 0.1) is 0 Å². The molecule has 8 heavy (non-hydrogen) atoms. The Kier molecular flexibility index (Phi) is 3.45. The van der Waals surface area contributed by atoms with Gasteiger partial charge in [0.15, 0.2) is 16.8 Å². The highest BCUT2D eigenvalue weighted by Gasteiger charge is 2.12. The molecule has 0 aliphatic carbocycles. The zero-order chi connectivity index (χ0) is 6.62. The van der Waals surface area contributed by atoms with E-state index in [0.717, 1.165) is 0 Å². The van der Waals surface area contributed by atoms with Crippen molar-refractivity contribution in [3.8, 4) is 0 Å². The van der Waals surface area contributed by atoms with E-state index >= 15 is 0 Å². The van der Waals surface area contributed by atoms with Gasteiger partial charge in [-0.25, -0.2) is 0 Å². The molecule has 0 aromatic heterocycles. The first-order valence-corrected chi connectivity index (χ1v) is 6.90. The minimum Gasteiger partial charge on any atom is -0.407 e. The molecule has 2 nitrogen and oxygen atoms in total. The minimum absolute atomic E-state index is 0.0924. The van der Waals surface area contributed by atoms with Crippen molar-refractivity contribution in [3.63, 3.8) is 0 Å². The maximum atomic E-state index is 9.85. The maximum Gasteiger partial charge on any atom is 0.184 e. The molecule has 0 saturated heterocycles. The van der Waals surface area contributed by atoms with E-state index in [1.165, 1.54) is 0 Å². The van der Waals surface area contributed by atoms with Gasteiger partial charge in [-0.2, -0.15) is 0 Å². The Bertz CT molecular complexity index is 78.6. The summed E-state index contributed by atoms with van der Waals surface area (Å²) in [5, 5.41) is 0. The van der Waals surface area contributed by atoms with Gasteiger partial charge >= 0.3 is 0 Å². The van der Waals surface area contributed by atoms with Gasteiger partial charge in [0.1, 0.15) is 6.35 Å². The van der Waals surface area contributed by atoms with Crippen molar-refractivity contribution in [1.29, 1.82) is 0 Å². The van der Waals surface area contributed by atoms with Crippen LogP contribution in [0.3, 0.4) is 0 Å².